The molecule has 21 heavy (non-hydrogen) atoms. The van der Waals surface area contributed by atoms with Crippen LogP contribution in [0.5, 0.6) is 5.75 Å². The van der Waals surface area contributed by atoms with Crippen LogP contribution >= 0.6 is 0 Å². The van der Waals surface area contributed by atoms with Gasteiger partial charge in [0.2, 0.25) is 0 Å². The molecule has 1 heterocycles. The zero-order valence-corrected chi connectivity index (χ0v) is 14.2. The van der Waals surface area contributed by atoms with Gasteiger partial charge in [0, 0.05) is 13.0 Å². The maximum Gasteiger partial charge on any atom is 0.160 e. The minimum absolute atomic E-state index is 0.552. The van der Waals surface area contributed by atoms with Crippen LogP contribution in [0.3, 0.4) is 0 Å². The number of ether oxygens (including phenoxy) is 1. The fraction of sp³-hybridized carbons (Fsp3) is 0.824. The van der Waals surface area contributed by atoms with E-state index in [1.165, 1.54) is 25.0 Å². The Hall–Kier alpha value is -1.03. The van der Waals surface area contributed by atoms with E-state index in [0.717, 1.165) is 24.8 Å². The smallest absolute Gasteiger partial charge is 0.160 e. The SMILES string of the molecule is COc1cnn(C)c1C1CC(C)CCC1CNCC(C)C. The van der Waals surface area contributed by atoms with Crippen molar-refractivity contribution in [2.75, 3.05) is 20.2 Å². The molecular formula is C17H31N3O. The van der Waals surface area contributed by atoms with Crippen LogP contribution in [0, 0.1) is 17.8 Å². The Morgan fingerprint density at radius 1 is 1.43 bits per heavy atom. The summed E-state index contributed by atoms with van der Waals surface area (Å²) in [5, 5.41) is 8.05. The Balaban J connectivity index is 2.12. The van der Waals surface area contributed by atoms with E-state index in [4.69, 9.17) is 4.74 Å². The third-order valence-electron chi connectivity index (χ3n) is 4.74. The van der Waals surface area contributed by atoms with Crippen molar-refractivity contribution >= 4 is 0 Å². The predicted octanol–water partition coefficient (Wildman–Crippen LogP) is 3.19. The first-order valence-electron chi connectivity index (χ1n) is 8.29. The van der Waals surface area contributed by atoms with E-state index in [1.807, 2.05) is 17.9 Å². The van der Waals surface area contributed by atoms with Crippen molar-refractivity contribution < 1.29 is 4.74 Å². The molecule has 0 aliphatic heterocycles. The summed E-state index contributed by atoms with van der Waals surface area (Å²) in [6, 6.07) is 0. The van der Waals surface area contributed by atoms with E-state index in [0.29, 0.717) is 17.8 Å². The number of methoxy groups -OCH3 is 1. The van der Waals surface area contributed by atoms with Gasteiger partial charge in [0.05, 0.1) is 19.0 Å². The van der Waals surface area contributed by atoms with Crippen LogP contribution in [0.1, 0.15) is 51.6 Å². The molecule has 0 saturated heterocycles. The zero-order chi connectivity index (χ0) is 15.4. The number of aryl methyl sites for hydroxylation is 1. The monoisotopic (exact) mass is 293 g/mol. The number of nitrogens with one attached hydrogen (secondary N) is 1. The average molecular weight is 293 g/mol. The second kappa shape index (κ2) is 7.30. The van der Waals surface area contributed by atoms with Gasteiger partial charge in [-0.2, -0.15) is 5.10 Å². The van der Waals surface area contributed by atoms with Gasteiger partial charge in [-0.25, -0.2) is 0 Å². The molecule has 0 amide bonds. The quantitative estimate of drug-likeness (QED) is 0.875. The Kier molecular flexibility index (Phi) is 5.68. The molecule has 3 unspecified atom stereocenters. The lowest BCUT2D eigenvalue weighted by Gasteiger charge is -2.35. The molecule has 2 rings (SSSR count). The standard InChI is InChI=1S/C17H31N3O/c1-12(2)9-18-10-14-7-6-13(3)8-15(14)17-16(21-5)11-19-20(17)4/h11-15,18H,6-10H2,1-5H3. The van der Waals surface area contributed by atoms with Crippen molar-refractivity contribution in [3.05, 3.63) is 11.9 Å². The van der Waals surface area contributed by atoms with Gasteiger partial charge in [-0.15, -0.1) is 0 Å². The topological polar surface area (TPSA) is 39.1 Å². The molecule has 1 aromatic rings. The molecule has 1 aliphatic carbocycles. The first kappa shape index (κ1) is 16.3. The molecule has 4 heteroatoms. The molecule has 0 radical (unpaired) electrons. The Labute approximate surface area is 129 Å². The lowest BCUT2D eigenvalue weighted by Crippen LogP contribution is -2.34. The summed E-state index contributed by atoms with van der Waals surface area (Å²) in [6.45, 7) is 9.09. The van der Waals surface area contributed by atoms with E-state index in [-0.39, 0.29) is 0 Å². The third-order valence-corrected chi connectivity index (χ3v) is 4.74. The van der Waals surface area contributed by atoms with Gasteiger partial charge in [0.15, 0.2) is 5.75 Å². The van der Waals surface area contributed by atoms with E-state index in [9.17, 15) is 0 Å². The van der Waals surface area contributed by atoms with Crippen molar-refractivity contribution in [3.8, 4) is 5.75 Å². The zero-order valence-electron chi connectivity index (χ0n) is 14.2. The number of rotatable bonds is 6. The summed E-state index contributed by atoms with van der Waals surface area (Å²) >= 11 is 0. The van der Waals surface area contributed by atoms with Crippen LogP contribution in [0.2, 0.25) is 0 Å². The molecule has 1 aliphatic rings. The van der Waals surface area contributed by atoms with Gasteiger partial charge in [0.25, 0.3) is 0 Å². The Morgan fingerprint density at radius 2 is 2.19 bits per heavy atom. The van der Waals surface area contributed by atoms with Gasteiger partial charge >= 0.3 is 0 Å². The van der Waals surface area contributed by atoms with E-state index in [1.54, 1.807) is 7.11 Å². The molecule has 120 valence electrons. The average Bonchev–Trinajstić information content (AvgIpc) is 2.81. The number of aromatic nitrogens is 2. The number of hydrogen-bond donors (Lipinski definition) is 1. The fourth-order valence-corrected chi connectivity index (χ4v) is 3.59. The summed E-state index contributed by atoms with van der Waals surface area (Å²) < 4.78 is 7.55. The van der Waals surface area contributed by atoms with Crippen molar-refractivity contribution in [3.63, 3.8) is 0 Å². The minimum atomic E-state index is 0.552. The van der Waals surface area contributed by atoms with Gasteiger partial charge in [-0.3, -0.25) is 4.68 Å². The molecule has 0 aromatic carbocycles. The van der Waals surface area contributed by atoms with Crippen LogP contribution in [0.4, 0.5) is 0 Å². The maximum absolute atomic E-state index is 5.54. The molecule has 3 atom stereocenters. The van der Waals surface area contributed by atoms with Crippen molar-refractivity contribution in [2.45, 2.75) is 46.0 Å². The summed E-state index contributed by atoms with van der Waals surface area (Å²) in [7, 11) is 3.79. The predicted molar refractivity (Wildman–Crippen MR) is 86.7 cm³/mol. The molecule has 4 nitrogen and oxygen atoms in total. The fourth-order valence-electron chi connectivity index (χ4n) is 3.59. The second-order valence-corrected chi connectivity index (χ2v) is 7.06. The first-order chi connectivity index (χ1) is 10.0. The van der Waals surface area contributed by atoms with Gasteiger partial charge in [0.1, 0.15) is 0 Å². The highest BCUT2D eigenvalue weighted by Gasteiger charge is 2.33. The second-order valence-electron chi connectivity index (χ2n) is 7.06. The van der Waals surface area contributed by atoms with Gasteiger partial charge < -0.3 is 10.1 Å². The molecule has 1 aromatic heterocycles. The normalized spacial score (nSPS) is 26.3. The van der Waals surface area contributed by atoms with Crippen molar-refractivity contribution in [1.82, 2.24) is 15.1 Å². The summed E-state index contributed by atoms with van der Waals surface area (Å²) in [5.41, 5.74) is 1.28. The molecular weight excluding hydrogens is 262 g/mol. The van der Waals surface area contributed by atoms with E-state index < -0.39 is 0 Å². The van der Waals surface area contributed by atoms with Crippen LogP contribution in [0.15, 0.2) is 6.20 Å². The van der Waals surface area contributed by atoms with Crippen LogP contribution in [0.25, 0.3) is 0 Å². The van der Waals surface area contributed by atoms with Gasteiger partial charge in [-0.05, 0) is 43.7 Å². The first-order valence-corrected chi connectivity index (χ1v) is 8.29. The van der Waals surface area contributed by atoms with Gasteiger partial charge in [-0.1, -0.05) is 27.2 Å². The maximum atomic E-state index is 5.54. The molecule has 0 bridgehead atoms. The highest BCUT2D eigenvalue weighted by molar-refractivity contribution is 5.29. The number of hydrogen-bond acceptors (Lipinski definition) is 3. The number of nitrogens with zero attached hydrogens (tertiary/aromatic N) is 2. The molecule has 0 spiro atoms. The summed E-state index contributed by atoms with van der Waals surface area (Å²) in [6.07, 6.45) is 5.73. The lowest BCUT2D eigenvalue weighted by atomic mass is 9.73. The highest BCUT2D eigenvalue weighted by atomic mass is 16.5. The van der Waals surface area contributed by atoms with Crippen LogP contribution in [-0.2, 0) is 7.05 Å². The molecule has 1 saturated carbocycles. The summed E-state index contributed by atoms with van der Waals surface area (Å²) in [4.78, 5) is 0. The molecule has 1 N–H and O–H groups in total. The Bertz CT molecular complexity index is 441. The largest absolute Gasteiger partial charge is 0.493 e. The van der Waals surface area contributed by atoms with E-state index >= 15 is 0 Å². The molecule has 1 fully saturated rings. The van der Waals surface area contributed by atoms with Crippen LogP contribution in [-0.4, -0.2) is 30.0 Å². The highest BCUT2D eigenvalue weighted by Crippen LogP contribution is 2.43. The van der Waals surface area contributed by atoms with Crippen LogP contribution < -0.4 is 10.1 Å². The van der Waals surface area contributed by atoms with E-state index in [2.05, 4.69) is 31.2 Å². The Morgan fingerprint density at radius 3 is 2.86 bits per heavy atom. The minimum Gasteiger partial charge on any atom is -0.493 e. The lowest BCUT2D eigenvalue weighted by molar-refractivity contribution is 0.228. The third kappa shape index (κ3) is 4.00. The summed E-state index contributed by atoms with van der Waals surface area (Å²) in [5.74, 6) is 3.68. The van der Waals surface area contributed by atoms with Crippen molar-refractivity contribution in [1.29, 1.82) is 0 Å². The van der Waals surface area contributed by atoms with Crippen molar-refractivity contribution in [2.24, 2.45) is 24.8 Å².